The third-order valence-electron chi connectivity index (χ3n) is 2.90. The van der Waals surface area contributed by atoms with Crippen LogP contribution in [0.4, 0.5) is 0 Å². The summed E-state index contributed by atoms with van der Waals surface area (Å²) in [5, 5.41) is 12.2. The van der Waals surface area contributed by atoms with Crippen molar-refractivity contribution < 1.29 is 0 Å². The first-order chi connectivity index (χ1) is 8.38. The predicted molar refractivity (Wildman–Crippen MR) is 61.9 cm³/mol. The molecule has 84 valence electrons. The molecule has 2 aromatic rings. The smallest absolute Gasteiger partial charge is 0.123 e. The first kappa shape index (κ1) is 10.00. The lowest BCUT2D eigenvalue weighted by molar-refractivity contribution is 0.508. The molecule has 2 aromatic heterocycles. The van der Waals surface area contributed by atoms with E-state index in [0.29, 0.717) is 5.56 Å². The van der Waals surface area contributed by atoms with Crippen LogP contribution in [0, 0.1) is 11.3 Å². The maximum absolute atomic E-state index is 8.88. The molecule has 0 radical (unpaired) electrons. The topological polar surface area (TPSA) is 66.5 Å². The fourth-order valence-electron chi connectivity index (χ4n) is 2.07. The summed E-state index contributed by atoms with van der Waals surface area (Å²) >= 11 is 0. The fraction of sp³-hybridized carbons (Fsp3) is 0.250. The van der Waals surface area contributed by atoms with Crippen molar-refractivity contribution in [2.75, 3.05) is 6.54 Å². The molecule has 1 aliphatic heterocycles. The van der Waals surface area contributed by atoms with Gasteiger partial charge in [-0.15, -0.1) is 0 Å². The Morgan fingerprint density at radius 3 is 3.18 bits per heavy atom. The number of hydrogen-bond acceptors (Lipinski definition) is 4. The Bertz CT molecular complexity index is 593. The maximum atomic E-state index is 8.88. The first-order valence-corrected chi connectivity index (χ1v) is 5.49. The average molecular weight is 225 g/mol. The Morgan fingerprint density at radius 2 is 2.29 bits per heavy atom. The lowest BCUT2D eigenvalue weighted by Crippen LogP contribution is -2.28. The quantitative estimate of drug-likeness (QED) is 0.783. The highest BCUT2D eigenvalue weighted by atomic mass is 15.2. The van der Waals surface area contributed by atoms with E-state index in [2.05, 4.69) is 25.9 Å². The largest absolute Gasteiger partial charge is 0.326 e. The van der Waals surface area contributed by atoms with E-state index in [4.69, 9.17) is 5.26 Å². The minimum Gasteiger partial charge on any atom is -0.326 e. The number of nitrogens with zero attached hydrogens (tertiary/aromatic N) is 4. The van der Waals surface area contributed by atoms with E-state index in [-0.39, 0.29) is 0 Å². The molecule has 1 N–H and O–H groups in total. The molecule has 0 saturated heterocycles. The summed E-state index contributed by atoms with van der Waals surface area (Å²) in [6.45, 7) is 2.65. The second-order valence-electron chi connectivity index (χ2n) is 3.96. The van der Waals surface area contributed by atoms with Crippen LogP contribution in [0.1, 0.15) is 11.4 Å². The summed E-state index contributed by atoms with van der Waals surface area (Å²) in [7, 11) is 0. The second-order valence-corrected chi connectivity index (χ2v) is 3.96. The van der Waals surface area contributed by atoms with Gasteiger partial charge in [0.1, 0.15) is 11.9 Å². The molecule has 5 nitrogen and oxygen atoms in total. The Kier molecular flexibility index (Phi) is 2.35. The predicted octanol–water partition coefficient (Wildman–Crippen LogP) is 0.920. The fourth-order valence-corrected chi connectivity index (χ4v) is 2.07. The van der Waals surface area contributed by atoms with Crippen molar-refractivity contribution in [3.63, 3.8) is 0 Å². The highest BCUT2D eigenvalue weighted by molar-refractivity contribution is 5.60. The van der Waals surface area contributed by atoms with Crippen LogP contribution in [0.3, 0.4) is 0 Å². The lowest BCUT2D eigenvalue weighted by Gasteiger charge is -2.17. The second kappa shape index (κ2) is 4.00. The number of pyridine rings is 1. The number of hydrogen-bond donors (Lipinski definition) is 1. The molecule has 0 aromatic carbocycles. The van der Waals surface area contributed by atoms with Crippen molar-refractivity contribution in [1.82, 2.24) is 19.9 Å². The van der Waals surface area contributed by atoms with Gasteiger partial charge in [-0.05, 0) is 6.07 Å². The summed E-state index contributed by atoms with van der Waals surface area (Å²) in [6.07, 6.45) is 5.19. The number of aromatic nitrogens is 3. The van der Waals surface area contributed by atoms with E-state index in [1.54, 1.807) is 12.4 Å². The standard InChI is InChI=1S/C12H11N5/c13-4-9-3-10(6-15-5-9)11-7-16-12-8-14-1-2-17(11)12/h3,5-7,14H,1-2,8H2. The molecule has 0 bridgehead atoms. The van der Waals surface area contributed by atoms with Gasteiger partial charge in [-0.1, -0.05) is 0 Å². The van der Waals surface area contributed by atoms with Crippen LogP contribution in [-0.2, 0) is 13.1 Å². The number of imidazole rings is 1. The van der Waals surface area contributed by atoms with Gasteiger partial charge < -0.3 is 9.88 Å². The van der Waals surface area contributed by atoms with Crippen molar-refractivity contribution in [3.8, 4) is 17.3 Å². The number of rotatable bonds is 1. The van der Waals surface area contributed by atoms with Crippen molar-refractivity contribution >= 4 is 0 Å². The zero-order valence-electron chi connectivity index (χ0n) is 9.22. The van der Waals surface area contributed by atoms with Crippen molar-refractivity contribution in [2.24, 2.45) is 0 Å². The van der Waals surface area contributed by atoms with Crippen LogP contribution in [0.15, 0.2) is 24.7 Å². The molecule has 0 fully saturated rings. The van der Waals surface area contributed by atoms with E-state index in [0.717, 1.165) is 36.7 Å². The highest BCUT2D eigenvalue weighted by Gasteiger charge is 2.14. The Hall–Kier alpha value is -2.19. The van der Waals surface area contributed by atoms with Crippen molar-refractivity contribution in [2.45, 2.75) is 13.1 Å². The van der Waals surface area contributed by atoms with Gasteiger partial charge in [-0.25, -0.2) is 4.98 Å². The van der Waals surface area contributed by atoms with Crippen LogP contribution in [0.25, 0.3) is 11.3 Å². The van der Waals surface area contributed by atoms with E-state index in [1.807, 2.05) is 12.3 Å². The Balaban J connectivity index is 2.09. The molecule has 0 unspecified atom stereocenters. The summed E-state index contributed by atoms with van der Waals surface area (Å²) in [4.78, 5) is 8.46. The molecule has 3 heterocycles. The zero-order chi connectivity index (χ0) is 11.7. The van der Waals surface area contributed by atoms with E-state index in [9.17, 15) is 0 Å². The molecular formula is C12H11N5. The third kappa shape index (κ3) is 1.69. The average Bonchev–Trinajstić information content (AvgIpc) is 2.82. The van der Waals surface area contributed by atoms with Crippen molar-refractivity contribution in [1.29, 1.82) is 5.26 Å². The number of fused-ring (bicyclic) bond motifs is 1. The van der Waals surface area contributed by atoms with E-state index in [1.165, 1.54) is 0 Å². The monoisotopic (exact) mass is 225 g/mol. The number of nitrogens with one attached hydrogen (secondary N) is 1. The first-order valence-electron chi connectivity index (χ1n) is 5.49. The molecule has 5 heteroatoms. The SMILES string of the molecule is N#Cc1cncc(-c2cnc3n2CCNC3)c1. The van der Waals surface area contributed by atoms with Gasteiger partial charge in [0.2, 0.25) is 0 Å². The molecular weight excluding hydrogens is 214 g/mol. The van der Waals surface area contributed by atoms with Crippen LogP contribution < -0.4 is 5.32 Å². The molecule has 0 saturated carbocycles. The minimum atomic E-state index is 0.576. The Labute approximate surface area is 98.7 Å². The minimum absolute atomic E-state index is 0.576. The zero-order valence-corrected chi connectivity index (χ0v) is 9.22. The van der Waals surface area contributed by atoms with Gasteiger partial charge in [-0.3, -0.25) is 4.98 Å². The van der Waals surface area contributed by atoms with Crippen molar-refractivity contribution in [3.05, 3.63) is 36.0 Å². The van der Waals surface area contributed by atoms with Gasteiger partial charge in [0, 0.05) is 31.0 Å². The van der Waals surface area contributed by atoms with Gasteiger partial charge in [0.15, 0.2) is 0 Å². The summed E-state index contributed by atoms with van der Waals surface area (Å²) in [5.74, 6) is 1.04. The van der Waals surface area contributed by atoms with Gasteiger partial charge >= 0.3 is 0 Å². The summed E-state index contributed by atoms with van der Waals surface area (Å²) in [5.41, 5.74) is 2.56. The van der Waals surface area contributed by atoms with Crippen LogP contribution in [-0.4, -0.2) is 21.1 Å². The number of nitriles is 1. The molecule has 0 spiro atoms. The summed E-state index contributed by atoms with van der Waals surface area (Å²) < 4.78 is 2.18. The van der Waals surface area contributed by atoms with Gasteiger partial charge in [-0.2, -0.15) is 5.26 Å². The Morgan fingerprint density at radius 1 is 1.35 bits per heavy atom. The van der Waals surface area contributed by atoms with Crippen LogP contribution in [0.2, 0.25) is 0 Å². The van der Waals surface area contributed by atoms with Crippen LogP contribution in [0.5, 0.6) is 0 Å². The molecule has 1 aliphatic rings. The lowest BCUT2D eigenvalue weighted by atomic mass is 10.1. The van der Waals surface area contributed by atoms with E-state index < -0.39 is 0 Å². The molecule has 0 amide bonds. The molecule has 3 rings (SSSR count). The van der Waals surface area contributed by atoms with Gasteiger partial charge in [0.25, 0.3) is 0 Å². The highest BCUT2D eigenvalue weighted by Crippen LogP contribution is 2.21. The third-order valence-corrected chi connectivity index (χ3v) is 2.90. The van der Waals surface area contributed by atoms with E-state index >= 15 is 0 Å². The normalized spacial score (nSPS) is 14.1. The molecule has 0 aliphatic carbocycles. The maximum Gasteiger partial charge on any atom is 0.123 e. The van der Waals surface area contributed by atoms with Crippen LogP contribution >= 0.6 is 0 Å². The molecule has 0 atom stereocenters. The molecule has 17 heavy (non-hydrogen) atoms. The summed E-state index contributed by atoms with van der Waals surface area (Å²) in [6, 6.07) is 3.95. The van der Waals surface area contributed by atoms with Gasteiger partial charge in [0.05, 0.1) is 24.0 Å².